The molecular weight excluding hydrogens is 456 g/mol. The Morgan fingerprint density at radius 1 is 0.676 bits per heavy atom. The van der Waals surface area contributed by atoms with Crippen molar-refractivity contribution >= 4 is 5.82 Å². The zero-order valence-corrected chi connectivity index (χ0v) is 18.2. The third-order valence-electron chi connectivity index (χ3n) is 5.98. The van der Waals surface area contributed by atoms with Crippen LogP contribution in [0.4, 0.5) is 32.2 Å². The Morgan fingerprint density at radius 3 is 1.68 bits per heavy atom. The van der Waals surface area contributed by atoms with Gasteiger partial charge in [0, 0.05) is 23.4 Å². The molecule has 3 nitrogen and oxygen atoms in total. The van der Waals surface area contributed by atoms with Gasteiger partial charge in [0.25, 0.3) is 0 Å². The van der Waals surface area contributed by atoms with E-state index in [1.54, 1.807) is 0 Å². The summed E-state index contributed by atoms with van der Waals surface area (Å²) >= 11 is 0. The average Bonchev–Trinajstić information content (AvgIpc) is 3.07. The lowest BCUT2D eigenvalue weighted by Crippen LogP contribution is -2.20. The van der Waals surface area contributed by atoms with E-state index in [1.165, 1.54) is 30.5 Å². The highest BCUT2D eigenvalue weighted by Gasteiger charge is 2.31. The molecule has 1 N–H and O–H groups in total. The lowest BCUT2D eigenvalue weighted by Gasteiger charge is -2.20. The van der Waals surface area contributed by atoms with Gasteiger partial charge in [0.1, 0.15) is 5.82 Å². The standard InChI is InChI=1S/C25H23F6N3/c26-24(27,28)18-11-7-16(8-12-18)21-15-32-22(17-9-13-19(14-10-17)25(29,30)31)34-23(21)33-20-5-3-1-2-4-6-20/h7-15,20H,1-6H2,(H,32,33,34). The van der Waals surface area contributed by atoms with Crippen LogP contribution in [0.1, 0.15) is 49.7 Å². The molecule has 0 radical (unpaired) electrons. The van der Waals surface area contributed by atoms with Gasteiger partial charge in [-0.05, 0) is 42.7 Å². The molecule has 180 valence electrons. The first-order valence-corrected chi connectivity index (χ1v) is 11.1. The van der Waals surface area contributed by atoms with E-state index in [9.17, 15) is 26.3 Å². The zero-order valence-electron chi connectivity index (χ0n) is 18.2. The highest BCUT2D eigenvalue weighted by Crippen LogP contribution is 2.35. The molecule has 0 saturated heterocycles. The van der Waals surface area contributed by atoms with Crippen LogP contribution in [0, 0.1) is 0 Å². The molecule has 1 heterocycles. The van der Waals surface area contributed by atoms with Gasteiger partial charge in [-0.3, -0.25) is 0 Å². The van der Waals surface area contributed by atoms with E-state index < -0.39 is 23.5 Å². The van der Waals surface area contributed by atoms with Crippen molar-refractivity contribution in [1.29, 1.82) is 0 Å². The summed E-state index contributed by atoms with van der Waals surface area (Å²) in [7, 11) is 0. The van der Waals surface area contributed by atoms with Crippen LogP contribution in [0.5, 0.6) is 0 Å². The first-order valence-electron chi connectivity index (χ1n) is 11.1. The van der Waals surface area contributed by atoms with Gasteiger partial charge in [0.15, 0.2) is 5.82 Å². The molecule has 4 rings (SSSR count). The first-order chi connectivity index (χ1) is 16.1. The van der Waals surface area contributed by atoms with Crippen LogP contribution < -0.4 is 5.32 Å². The Balaban J connectivity index is 1.70. The number of rotatable bonds is 4. The van der Waals surface area contributed by atoms with E-state index in [4.69, 9.17) is 0 Å². The molecule has 3 aromatic rings. The maximum absolute atomic E-state index is 13.0. The normalized spacial score (nSPS) is 15.7. The summed E-state index contributed by atoms with van der Waals surface area (Å²) in [5.41, 5.74) is -0.0566. The number of halogens is 6. The summed E-state index contributed by atoms with van der Waals surface area (Å²) < 4.78 is 77.7. The van der Waals surface area contributed by atoms with Gasteiger partial charge in [-0.25, -0.2) is 9.97 Å². The van der Waals surface area contributed by atoms with Gasteiger partial charge in [0.05, 0.1) is 11.1 Å². The zero-order chi connectivity index (χ0) is 24.3. The maximum Gasteiger partial charge on any atom is 0.416 e. The quantitative estimate of drug-likeness (QED) is 0.305. The molecule has 1 aliphatic carbocycles. The second-order valence-corrected chi connectivity index (χ2v) is 8.44. The van der Waals surface area contributed by atoms with E-state index in [0.29, 0.717) is 22.5 Å². The van der Waals surface area contributed by atoms with Crippen LogP contribution in [0.25, 0.3) is 22.5 Å². The number of aromatic nitrogens is 2. The number of alkyl halides is 6. The van der Waals surface area contributed by atoms with Crippen molar-refractivity contribution in [3.05, 3.63) is 65.9 Å². The number of anilines is 1. The molecule has 0 bridgehead atoms. The van der Waals surface area contributed by atoms with Gasteiger partial charge in [-0.15, -0.1) is 0 Å². The highest BCUT2D eigenvalue weighted by molar-refractivity contribution is 5.76. The summed E-state index contributed by atoms with van der Waals surface area (Å²) in [4.78, 5) is 8.89. The lowest BCUT2D eigenvalue weighted by atomic mass is 10.0. The summed E-state index contributed by atoms with van der Waals surface area (Å²) in [5.74, 6) is 0.692. The SMILES string of the molecule is FC(F)(F)c1ccc(-c2ncc(-c3ccc(C(F)(F)F)cc3)c(NC3CCCCCC3)n2)cc1. The van der Waals surface area contributed by atoms with Crippen LogP contribution in [0.15, 0.2) is 54.7 Å². The van der Waals surface area contributed by atoms with Crippen LogP contribution in [0.3, 0.4) is 0 Å². The number of benzene rings is 2. The fourth-order valence-electron chi connectivity index (χ4n) is 4.11. The second-order valence-electron chi connectivity index (χ2n) is 8.44. The second kappa shape index (κ2) is 9.64. The Hall–Kier alpha value is -3.10. The molecule has 1 fully saturated rings. The number of nitrogens with one attached hydrogen (secondary N) is 1. The summed E-state index contributed by atoms with van der Waals surface area (Å²) in [6, 6.07) is 9.47. The van der Waals surface area contributed by atoms with Crippen LogP contribution >= 0.6 is 0 Å². The molecule has 9 heteroatoms. The topological polar surface area (TPSA) is 37.8 Å². The third-order valence-corrected chi connectivity index (χ3v) is 5.98. The molecule has 0 amide bonds. The lowest BCUT2D eigenvalue weighted by molar-refractivity contribution is -0.138. The number of nitrogens with zero attached hydrogens (tertiary/aromatic N) is 2. The van der Waals surface area contributed by atoms with E-state index in [2.05, 4.69) is 15.3 Å². The number of hydrogen-bond acceptors (Lipinski definition) is 3. The minimum atomic E-state index is -4.45. The van der Waals surface area contributed by atoms with Crippen LogP contribution in [-0.2, 0) is 12.4 Å². The molecule has 0 atom stereocenters. The highest BCUT2D eigenvalue weighted by atomic mass is 19.4. The Kier molecular flexibility index (Phi) is 6.81. The van der Waals surface area contributed by atoms with Gasteiger partial charge in [0.2, 0.25) is 0 Å². The molecule has 1 saturated carbocycles. The van der Waals surface area contributed by atoms with E-state index in [1.807, 2.05) is 0 Å². The van der Waals surface area contributed by atoms with Crippen molar-refractivity contribution in [2.75, 3.05) is 5.32 Å². The molecule has 0 aliphatic heterocycles. The monoisotopic (exact) mass is 479 g/mol. The van der Waals surface area contributed by atoms with Crippen molar-refractivity contribution in [2.24, 2.45) is 0 Å². The minimum absolute atomic E-state index is 0.144. The van der Waals surface area contributed by atoms with Gasteiger partial charge in [-0.1, -0.05) is 49.9 Å². The molecule has 0 unspecified atom stereocenters. The van der Waals surface area contributed by atoms with Gasteiger partial charge in [-0.2, -0.15) is 26.3 Å². The summed E-state index contributed by atoms with van der Waals surface area (Å²) in [6.45, 7) is 0. The fraction of sp³-hybridized carbons (Fsp3) is 0.360. The van der Waals surface area contributed by atoms with Gasteiger partial charge < -0.3 is 5.32 Å². The van der Waals surface area contributed by atoms with Crippen LogP contribution in [0.2, 0.25) is 0 Å². The average molecular weight is 479 g/mol. The van der Waals surface area contributed by atoms with Gasteiger partial charge >= 0.3 is 12.4 Å². The largest absolute Gasteiger partial charge is 0.416 e. The molecule has 1 aliphatic rings. The smallest absolute Gasteiger partial charge is 0.367 e. The van der Waals surface area contributed by atoms with E-state index >= 15 is 0 Å². The van der Waals surface area contributed by atoms with Crippen molar-refractivity contribution in [2.45, 2.75) is 56.9 Å². The van der Waals surface area contributed by atoms with Crippen LogP contribution in [-0.4, -0.2) is 16.0 Å². The fourth-order valence-corrected chi connectivity index (χ4v) is 4.11. The van der Waals surface area contributed by atoms with E-state index in [0.717, 1.165) is 62.8 Å². The predicted molar refractivity (Wildman–Crippen MR) is 118 cm³/mol. The summed E-state index contributed by atoms with van der Waals surface area (Å²) in [5, 5.41) is 3.43. The molecule has 1 aromatic heterocycles. The van der Waals surface area contributed by atoms with Crippen molar-refractivity contribution < 1.29 is 26.3 Å². The molecule has 0 spiro atoms. The minimum Gasteiger partial charge on any atom is -0.367 e. The number of hydrogen-bond donors (Lipinski definition) is 1. The first kappa shape index (κ1) is 24.0. The maximum atomic E-state index is 13.0. The molecule has 2 aromatic carbocycles. The Labute approximate surface area is 193 Å². The molecular formula is C25H23F6N3. The Morgan fingerprint density at radius 2 is 1.18 bits per heavy atom. The predicted octanol–water partition coefficient (Wildman–Crippen LogP) is 7.98. The third kappa shape index (κ3) is 5.69. The van der Waals surface area contributed by atoms with Crippen molar-refractivity contribution in [3.8, 4) is 22.5 Å². The van der Waals surface area contributed by atoms with E-state index in [-0.39, 0.29) is 11.9 Å². The van der Waals surface area contributed by atoms with Crippen molar-refractivity contribution in [1.82, 2.24) is 9.97 Å². The molecule has 34 heavy (non-hydrogen) atoms. The Bertz CT molecular complexity index is 1100. The van der Waals surface area contributed by atoms with Crippen molar-refractivity contribution in [3.63, 3.8) is 0 Å². The summed E-state index contributed by atoms with van der Waals surface area (Å²) in [6.07, 6.45) is -1.11.